The van der Waals surface area contributed by atoms with Gasteiger partial charge in [-0.25, -0.2) is 4.79 Å². The van der Waals surface area contributed by atoms with Crippen molar-refractivity contribution in [2.75, 3.05) is 12.4 Å². The Morgan fingerprint density at radius 1 is 1.19 bits per heavy atom. The average molecular weight is 374 g/mol. The predicted octanol–water partition coefficient (Wildman–Crippen LogP) is 3.94. The number of aromatic nitrogens is 1. The third kappa shape index (κ3) is 4.32. The highest BCUT2D eigenvalue weighted by molar-refractivity contribution is 6.33. The molecule has 1 saturated carbocycles. The van der Waals surface area contributed by atoms with Gasteiger partial charge < -0.3 is 15.4 Å². The van der Waals surface area contributed by atoms with E-state index < -0.39 is 5.97 Å². The van der Waals surface area contributed by atoms with Crippen molar-refractivity contribution < 1.29 is 14.3 Å². The number of esters is 1. The van der Waals surface area contributed by atoms with Gasteiger partial charge in [0, 0.05) is 17.9 Å². The summed E-state index contributed by atoms with van der Waals surface area (Å²) in [4.78, 5) is 28.2. The second-order valence-corrected chi connectivity index (χ2v) is 6.60. The van der Waals surface area contributed by atoms with Gasteiger partial charge >= 0.3 is 5.97 Å². The van der Waals surface area contributed by atoms with Crippen LogP contribution in [-0.2, 0) is 4.74 Å². The van der Waals surface area contributed by atoms with Crippen LogP contribution < -0.4 is 10.6 Å². The topological polar surface area (TPSA) is 80.3 Å². The van der Waals surface area contributed by atoms with Crippen molar-refractivity contribution in [3.63, 3.8) is 0 Å². The molecule has 2 N–H and O–H groups in total. The molecule has 0 bridgehead atoms. The minimum Gasteiger partial charge on any atom is -0.465 e. The lowest BCUT2D eigenvalue weighted by Gasteiger charge is -2.13. The number of methoxy groups -OCH3 is 1. The molecule has 6 nitrogen and oxygen atoms in total. The number of rotatable bonds is 5. The van der Waals surface area contributed by atoms with Gasteiger partial charge in [0.05, 0.1) is 23.4 Å². The second-order valence-electron chi connectivity index (χ2n) is 6.20. The van der Waals surface area contributed by atoms with E-state index in [4.69, 9.17) is 16.3 Å². The minimum absolute atomic E-state index is 0.185. The Kier molecular flexibility index (Phi) is 5.73. The zero-order chi connectivity index (χ0) is 18.5. The van der Waals surface area contributed by atoms with Crippen LogP contribution in [0.15, 0.2) is 36.5 Å². The standard InChI is InChI=1S/C19H20ClN3O3/c1-26-19(25)12-6-7-15(20)16(10-12)22-14-8-9-21-17(11-14)18(24)23-13-4-2-3-5-13/h6-11,13H,2-5H2,1H3,(H,21,22)(H,23,24). The molecular weight excluding hydrogens is 354 g/mol. The number of amides is 1. The number of nitrogens with one attached hydrogen (secondary N) is 2. The van der Waals surface area contributed by atoms with Crippen molar-refractivity contribution in [1.29, 1.82) is 0 Å². The lowest BCUT2D eigenvalue weighted by molar-refractivity contribution is 0.0600. The summed E-state index contributed by atoms with van der Waals surface area (Å²) in [6, 6.07) is 8.43. The van der Waals surface area contributed by atoms with Crippen molar-refractivity contribution in [3.8, 4) is 0 Å². The van der Waals surface area contributed by atoms with Gasteiger partial charge in [-0.15, -0.1) is 0 Å². The number of halogens is 1. The third-order valence-electron chi connectivity index (χ3n) is 4.35. The largest absolute Gasteiger partial charge is 0.465 e. The van der Waals surface area contributed by atoms with Crippen LogP contribution in [0, 0.1) is 0 Å². The molecule has 0 atom stereocenters. The first-order valence-corrected chi connectivity index (χ1v) is 8.86. The van der Waals surface area contributed by atoms with E-state index in [1.54, 1.807) is 36.5 Å². The van der Waals surface area contributed by atoms with Gasteiger partial charge in [0.2, 0.25) is 0 Å². The van der Waals surface area contributed by atoms with E-state index in [0.29, 0.717) is 27.7 Å². The summed E-state index contributed by atoms with van der Waals surface area (Å²) >= 11 is 6.20. The molecule has 136 valence electrons. The Bertz CT molecular complexity index is 819. The number of nitrogens with zero attached hydrogens (tertiary/aromatic N) is 1. The zero-order valence-corrected chi connectivity index (χ0v) is 15.2. The highest BCUT2D eigenvalue weighted by Gasteiger charge is 2.19. The molecule has 7 heteroatoms. The highest BCUT2D eigenvalue weighted by atomic mass is 35.5. The Labute approximate surface area is 156 Å². The summed E-state index contributed by atoms with van der Waals surface area (Å²) < 4.78 is 4.72. The Balaban J connectivity index is 1.76. The molecule has 0 unspecified atom stereocenters. The van der Waals surface area contributed by atoms with Crippen LogP contribution in [0.3, 0.4) is 0 Å². The Morgan fingerprint density at radius 3 is 2.69 bits per heavy atom. The molecule has 1 aromatic heterocycles. The van der Waals surface area contributed by atoms with Crippen LogP contribution in [-0.4, -0.2) is 30.0 Å². The molecule has 1 aromatic carbocycles. The van der Waals surface area contributed by atoms with Crippen molar-refractivity contribution in [3.05, 3.63) is 52.8 Å². The van der Waals surface area contributed by atoms with E-state index in [9.17, 15) is 9.59 Å². The monoisotopic (exact) mass is 373 g/mol. The Morgan fingerprint density at radius 2 is 1.96 bits per heavy atom. The first-order valence-electron chi connectivity index (χ1n) is 8.48. The number of pyridine rings is 1. The highest BCUT2D eigenvalue weighted by Crippen LogP contribution is 2.27. The Hall–Kier alpha value is -2.60. The van der Waals surface area contributed by atoms with E-state index in [2.05, 4.69) is 15.6 Å². The molecule has 1 fully saturated rings. The number of ether oxygens (including phenoxy) is 1. The molecule has 26 heavy (non-hydrogen) atoms. The SMILES string of the molecule is COC(=O)c1ccc(Cl)c(Nc2ccnc(C(=O)NC3CCCC3)c2)c1. The fourth-order valence-corrected chi connectivity index (χ4v) is 3.15. The van der Waals surface area contributed by atoms with E-state index in [-0.39, 0.29) is 11.9 Å². The van der Waals surface area contributed by atoms with Gasteiger partial charge in [-0.2, -0.15) is 0 Å². The molecule has 1 amide bonds. The summed E-state index contributed by atoms with van der Waals surface area (Å²) in [6.45, 7) is 0. The second kappa shape index (κ2) is 8.19. The van der Waals surface area contributed by atoms with Crippen LogP contribution in [0.1, 0.15) is 46.5 Å². The zero-order valence-electron chi connectivity index (χ0n) is 14.4. The van der Waals surface area contributed by atoms with Crippen LogP contribution in [0.25, 0.3) is 0 Å². The van der Waals surface area contributed by atoms with Crippen molar-refractivity contribution in [2.45, 2.75) is 31.7 Å². The molecule has 1 aliphatic carbocycles. The number of hydrogen-bond donors (Lipinski definition) is 2. The average Bonchev–Trinajstić information content (AvgIpc) is 3.16. The van der Waals surface area contributed by atoms with Crippen molar-refractivity contribution in [2.24, 2.45) is 0 Å². The van der Waals surface area contributed by atoms with Gasteiger partial charge in [-0.05, 0) is 43.2 Å². The lowest BCUT2D eigenvalue weighted by atomic mass is 10.2. The smallest absolute Gasteiger partial charge is 0.337 e. The number of carbonyl (C=O) groups is 2. The maximum absolute atomic E-state index is 12.4. The van der Waals surface area contributed by atoms with E-state index >= 15 is 0 Å². The van der Waals surface area contributed by atoms with Gasteiger partial charge in [0.25, 0.3) is 5.91 Å². The first kappa shape index (κ1) is 18.2. The fourth-order valence-electron chi connectivity index (χ4n) is 2.98. The summed E-state index contributed by atoms with van der Waals surface area (Å²) in [7, 11) is 1.32. The maximum Gasteiger partial charge on any atom is 0.337 e. The summed E-state index contributed by atoms with van der Waals surface area (Å²) in [5.74, 6) is -0.633. The van der Waals surface area contributed by atoms with Crippen LogP contribution in [0.2, 0.25) is 5.02 Å². The van der Waals surface area contributed by atoms with Gasteiger partial charge in [-0.1, -0.05) is 24.4 Å². The number of benzene rings is 1. The van der Waals surface area contributed by atoms with Crippen molar-refractivity contribution in [1.82, 2.24) is 10.3 Å². The summed E-state index contributed by atoms with van der Waals surface area (Å²) in [5.41, 5.74) is 1.92. The fraction of sp³-hybridized carbons (Fsp3) is 0.316. The van der Waals surface area contributed by atoms with E-state index in [0.717, 1.165) is 25.7 Å². The molecule has 0 saturated heterocycles. The third-order valence-corrected chi connectivity index (χ3v) is 4.68. The predicted molar refractivity (Wildman–Crippen MR) is 100 cm³/mol. The first-order chi connectivity index (χ1) is 12.6. The molecule has 1 heterocycles. The minimum atomic E-state index is -0.448. The van der Waals surface area contributed by atoms with Gasteiger partial charge in [-0.3, -0.25) is 9.78 Å². The number of hydrogen-bond acceptors (Lipinski definition) is 5. The number of carbonyl (C=O) groups excluding carboxylic acids is 2. The maximum atomic E-state index is 12.4. The van der Waals surface area contributed by atoms with E-state index in [1.807, 2.05) is 0 Å². The molecule has 3 rings (SSSR count). The molecule has 2 aromatic rings. The summed E-state index contributed by atoms with van der Waals surface area (Å²) in [5, 5.41) is 6.58. The molecule has 0 spiro atoms. The molecule has 0 aliphatic heterocycles. The lowest BCUT2D eigenvalue weighted by Crippen LogP contribution is -2.33. The molecule has 1 aliphatic rings. The molecule has 0 radical (unpaired) electrons. The van der Waals surface area contributed by atoms with Crippen LogP contribution in [0.5, 0.6) is 0 Å². The van der Waals surface area contributed by atoms with Crippen LogP contribution in [0.4, 0.5) is 11.4 Å². The quantitative estimate of drug-likeness (QED) is 0.776. The normalized spacial score (nSPS) is 14.1. The number of anilines is 2. The van der Waals surface area contributed by atoms with Gasteiger partial charge in [0.1, 0.15) is 5.69 Å². The van der Waals surface area contributed by atoms with Crippen LogP contribution >= 0.6 is 11.6 Å². The van der Waals surface area contributed by atoms with Gasteiger partial charge in [0.15, 0.2) is 0 Å². The summed E-state index contributed by atoms with van der Waals surface area (Å²) in [6.07, 6.45) is 5.88. The molecular formula is C19H20ClN3O3. The van der Waals surface area contributed by atoms with Crippen molar-refractivity contribution >= 4 is 34.9 Å². The van der Waals surface area contributed by atoms with E-state index in [1.165, 1.54) is 7.11 Å².